The van der Waals surface area contributed by atoms with Crippen LogP contribution in [-0.2, 0) is 7.05 Å². The lowest BCUT2D eigenvalue weighted by atomic mass is 10.1. The second-order valence-corrected chi connectivity index (χ2v) is 7.27. The van der Waals surface area contributed by atoms with E-state index < -0.39 is 0 Å². The smallest absolute Gasteiger partial charge is 0.270 e. The van der Waals surface area contributed by atoms with Gasteiger partial charge in [0.05, 0.1) is 17.4 Å². The fraction of sp³-hybridized carbons (Fsp3) is 0.167. The summed E-state index contributed by atoms with van der Waals surface area (Å²) in [6, 6.07) is 23.7. The van der Waals surface area contributed by atoms with Crippen LogP contribution in [0.1, 0.15) is 34.6 Å². The average molecular weight is 384 g/mol. The van der Waals surface area contributed by atoms with Crippen LogP contribution in [0.4, 0.5) is 0 Å². The van der Waals surface area contributed by atoms with Crippen LogP contribution in [0, 0.1) is 6.92 Å². The molecule has 0 aliphatic rings. The highest BCUT2D eigenvalue weighted by molar-refractivity contribution is 5.94. The van der Waals surface area contributed by atoms with E-state index in [1.807, 2.05) is 104 Å². The van der Waals surface area contributed by atoms with Gasteiger partial charge >= 0.3 is 0 Å². The summed E-state index contributed by atoms with van der Waals surface area (Å²) in [7, 11) is 1.97. The van der Waals surface area contributed by atoms with Crippen LogP contribution >= 0.6 is 0 Å². The average Bonchev–Trinajstić information content (AvgIpc) is 3.35. The predicted octanol–water partition coefficient (Wildman–Crippen LogP) is 4.68. The largest absolute Gasteiger partial charge is 0.349 e. The Morgan fingerprint density at radius 2 is 1.72 bits per heavy atom. The highest BCUT2D eigenvalue weighted by Crippen LogP contribution is 2.23. The molecular formula is C24H24N4O. The molecule has 0 fully saturated rings. The van der Waals surface area contributed by atoms with Crippen LogP contribution in [-0.4, -0.2) is 20.3 Å². The highest BCUT2D eigenvalue weighted by Gasteiger charge is 2.20. The van der Waals surface area contributed by atoms with Gasteiger partial charge in [-0.1, -0.05) is 48.0 Å². The monoisotopic (exact) mass is 384 g/mol. The van der Waals surface area contributed by atoms with Crippen LogP contribution in [0.25, 0.3) is 17.1 Å². The molecule has 29 heavy (non-hydrogen) atoms. The molecule has 0 aliphatic heterocycles. The number of hydrogen-bond acceptors (Lipinski definition) is 2. The van der Waals surface area contributed by atoms with Crippen molar-refractivity contribution in [1.29, 1.82) is 0 Å². The Morgan fingerprint density at radius 3 is 2.38 bits per heavy atom. The Labute approximate surface area is 170 Å². The minimum Gasteiger partial charge on any atom is -0.349 e. The Balaban J connectivity index is 1.72. The Hall–Kier alpha value is -3.60. The van der Waals surface area contributed by atoms with E-state index in [9.17, 15) is 4.79 Å². The molecule has 1 amide bonds. The summed E-state index contributed by atoms with van der Waals surface area (Å²) in [6.45, 7) is 4.02. The molecule has 5 heteroatoms. The molecule has 1 N–H and O–H groups in total. The lowest BCUT2D eigenvalue weighted by Gasteiger charge is -2.15. The van der Waals surface area contributed by atoms with Gasteiger partial charge in [-0.3, -0.25) is 4.79 Å². The van der Waals surface area contributed by atoms with Crippen LogP contribution in [0.2, 0.25) is 0 Å². The molecule has 4 rings (SSSR count). The summed E-state index contributed by atoms with van der Waals surface area (Å²) in [6.07, 6.45) is 1.97. The second-order valence-electron chi connectivity index (χ2n) is 7.27. The molecule has 0 bridgehead atoms. The SMILES string of the molecule is Cc1ccc(-n2nc(-c3cccn3C)cc2C(=O)N[C@H](C)c2ccccc2)cc1. The number of aryl methyl sites for hydroxylation is 2. The Kier molecular flexibility index (Phi) is 5.04. The zero-order valence-electron chi connectivity index (χ0n) is 16.8. The van der Waals surface area contributed by atoms with Gasteiger partial charge in [-0.25, -0.2) is 4.68 Å². The number of carbonyl (C=O) groups is 1. The molecule has 0 aliphatic carbocycles. The van der Waals surface area contributed by atoms with Gasteiger partial charge in [-0.15, -0.1) is 0 Å². The normalized spacial score (nSPS) is 12.0. The lowest BCUT2D eigenvalue weighted by Crippen LogP contribution is -2.28. The number of amides is 1. The van der Waals surface area contributed by atoms with Crippen molar-refractivity contribution < 1.29 is 4.79 Å². The first-order valence-electron chi connectivity index (χ1n) is 9.67. The number of benzene rings is 2. The molecule has 1 atom stereocenters. The zero-order valence-corrected chi connectivity index (χ0v) is 16.8. The maximum Gasteiger partial charge on any atom is 0.270 e. The van der Waals surface area contributed by atoms with E-state index >= 15 is 0 Å². The Morgan fingerprint density at radius 1 is 1.00 bits per heavy atom. The molecule has 0 saturated heterocycles. The standard InChI is InChI=1S/C24H24N4O/c1-17-11-13-20(14-12-17)28-23(16-21(26-28)22-10-7-15-27(22)3)24(29)25-18(2)19-8-5-4-6-9-19/h4-16,18H,1-3H3,(H,25,29)/t18-/m1/s1. The third-order valence-electron chi connectivity index (χ3n) is 5.07. The molecule has 0 spiro atoms. The summed E-state index contributed by atoms with van der Waals surface area (Å²) in [4.78, 5) is 13.2. The highest BCUT2D eigenvalue weighted by atomic mass is 16.2. The van der Waals surface area contributed by atoms with Crippen molar-refractivity contribution in [2.45, 2.75) is 19.9 Å². The van der Waals surface area contributed by atoms with Crippen molar-refractivity contribution in [1.82, 2.24) is 19.7 Å². The zero-order chi connectivity index (χ0) is 20.4. The molecule has 0 radical (unpaired) electrons. The molecule has 2 aromatic carbocycles. The number of hydrogen-bond donors (Lipinski definition) is 1. The summed E-state index contributed by atoms with van der Waals surface area (Å²) >= 11 is 0. The fourth-order valence-electron chi connectivity index (χ4n) is 3.37. The van der Waals surface area contributed by atoms with E-state index in [0.717, 1.165) is 28.2 Å². The maximum atomic E-state index is 13.2. The Bertz CT molecular complexity index is 1120. The summed E-state index contributed by atoms with van der Waals surface area (Å²) in [5.74, 6) is -0.158. The number of aromatic nitrogens is 3. The summed E-state index contributed by atoms with van der Waals surface area (Å²) < 4.78 is 3.71. The van der Waals surface area contributed by atoms with E-state index in [1.165, 1.54) is 0 Å². The third kappa shape index (κ3) is 3.85. The second kappa shape index (κ2) is 7.80. The minimum absolute atomic E-state index is 0.108. The lowest BCUT2D eigenvalue weighted by molar-refractivity contribution is 0.0932. The van der Waals surface area contributed by atoms with Gasteiger partial charge in [-0.2, -0.15) is 5.10 Å². The van der Waals surface area contributed by atoms with E-state index in [4.69, 9.17) is 5.10 Å². The van der Waals surface area contributed by atoms with E-state index in [2.05, 4.69) is 5.32 Å². The first kappa shape index (κ1) is 18.7. The quantitative estimate of drug-likeness (QED) is 0.543. The van der Waals surface area contributed by atoms with Crippen molar-refractivity contribution in [3.63, 3.8) is 0 Å². The van der Waals surface area contributed by atoms with Crippen LogP contribution in [0.5, 0.6) is 0 Å². The van der Waals surface area contributed by atoms with E-state index in [1.54, 1.807) is 4.68 Å². The predicted molar refractivity (Wildman–Crippen MR) is 115 cm³/mol. The van der Waals surface area contributed by atoms with Crippen molar-refractivity contribution >= 4 is 5.91 Å². The molecule has 5 nitrogen and oxygen atoms in total. The van der Waals surface area contributed by atoms with Gasteiger partial charge in [0.25, 0.3) is 5.91 Å². The van der Waals surface area contributed by atoms with E-state index in [0.29, 0.717) is 5.69 Å². The van der Waals surface area contributed by atoms with Crippen LogP contribution < -0.4 is 5.32 Å². The van der Waals surface area contributed by atoms with E-state index in [-0.39, 0.29) is 11.9 Å². The number of carbonyl (C=O) groups excluding carboxylic acids is 1. The van der Waals surface area contributed by atoms with Crippen molar-refractivity contribution in [2.75, 3.05) is 0 Å². The first-order chi connectivity index (χ1) is 14.0. The maximum absolute atomic E-state index is 13.2. The molecule has 146 valence electrons. The number of nitrogens with zero attached hydrogens (tertiary/aromatic N) is 3. The fourth-order valence-corrected chi connectivity index (χ4v) is 3.37. The first-order valence-corrected chi connectivity index (χ1v) is 9.67. The molecule has 2 aromatic heterocycles. The number of rotatable bonds is 5. The van der Waals surface area contributed by atoms with Gasteiger partial charge in [-0.05, 0) is 49.7 Å². The van der Waals surface area contributed by atoms with Crippen LogP contribution in [0.3, 0.4) is 0 Å². The van der Waals surface area contributed by atoms with Gasteiger partial charge in [0.1, 0.15) is 11.4 Å². The van der Waals surface area contributed by atoms with Gasteiger partial charge in [0, 0.05) is 13.2 Å². The van der Waals surface area contributed by atoms with Gasteiger partial charge in [0.2, 0.25) is 0 Å². The number of nitrogens with one attached hydrogen (secondary N) is 1. The summed E-state index contributed by atoms with van der Waals surface area (Å²) in [5.41, 5.74) is 5.30. The van der Waals surface area contributed by atoms with Crippen LogP contribution in [0.15, 0.2) is 79.0 Å². The third-order valence-corrected chi connectivity index (χ3v) is 5.07. The minimum atomic E-state index is -0.158. The molecule has 0 saturated carbocycles. The van der Waals surface area contributed by atoms with Gasteiger partial charge in [0.15, 0.2) is 0 Å². The van der Waals surface area contributed by atoms with Crippen molar-refractivity contribution in [2.24, 2.45) is 7.05 Å². The van der Waals surface area contributed by atoms with Gasteiger partial charge < -0.3 is 9.88 Å². The summed E-state index contributed by atoms with van der Waals surface area (Å²) in [5, 5.41) is 7.85. The molecule has 0 unspecified atom stereocenters. The topological polar surface area (TPSA) is 51.9 Å². The molecule has 2 heterocycles. The molecule has 4 aromatic rings. The molecular weight excluding hydrogens is 360 g/mol. The van der Waals surface area contributed by atoms with Crippen molar-refractivity contribution in [3.05, 3.63) is 95.8 Å². The van der Waals surface area contributed by atoms with Crippen molar-refractivity contribution in [3.8, 4) is 17.1 Å².